The minimum Gasteiger partial charge on any atom is -0.507 e. The van der Waals surface area contributed by atoms with Gasteiger partial charge in [0.2, 0.25) is 12.8 Å². The number of phenols is 2. The lowest BCUT2D eigenvalue weighted by atomic mass is 9.93. The second-order valence-electron chi connectivity index (χ2n) is 10.1. The van der Waals surface area contributed by atoms with Gasteiger partial charge >= 0.3 is 11.9 Å². The largest absolute Gasteiger partial charge is 0.507 e. The Morgan fingerprint density at radius 3 is 1.07 bits per heavy atom. The molecule has 0 aliphatic heterocycles. The van der Waals surface area contributed by atoms with Crippen molar-refractivity contribution in [1.29, 1.82) is 0 Å². The van der Waals surface area contributed by atoms with E-state index in [1.165, 1.54) is 34.1 Å². The molecule has 0 saturated heterocycles. The summed E-state index contributed by atoms with van der Waals surface area (Å²) in [6.07, 6.45) is 5.18. The molecule has 10 heteroatoms. The van der Waals surface area contributed by atoms with Crippen LogP contribution in [0.3, 0.4) is 0 Å². The molecule has 0 spiro atoms. The molecule has 0 bridgehead atoms. The topological polar surface area (TPSA) is 156 Å². The number of amides is 2. The third kappa shape index (κ3) is 10.8. The van der Waals surface area contributed by atoms with Gasteiger partial charge in [0.05, 0.1) is 0 Å². The monoisotopic (exact) mass is 624 g/mol. The zero-order valence-electron chi connectivity index (χ0n) is 25.9. The van der Waals surface area contributed by atoms with Gasteiger partial charge in [-0.05, 0) is 57.7 Å². The lowest BCUT2D eigenvalue weighted by Crippen LogP contribution is -2.06. The SMILES string of the molecule is CN(C)C=O.CN(C)C=O.O=C(O)c1ccc(/C(=C\C=C(\c2ccccc2)c2ccc(C(=O)O)c(O)c2)c2ccccc2)cc1O. The lowest BCUT2D eigenvalue weighted by Gasteiger charge is -2.12. The summed E-state index contributed by atoms with van der Waals surface area (Å²) in [4.78, 5) is 44.5. The predicted molar refractivity (Wildman–Crippen MR) is 177 cm³/mol. The average Bonchev–Trinajstić information content (AvgIpc) is 3.04. The van der Waals surface area contributed by atoms with Gasteiger partial charge in [-0.25, -0.2) is 9.59 Å². The van der Waals surface area contributed by atoms with Gasteiger partial charge < -0.3 is 30.2 Å². The van der Waals surface area contributed by atoms with E-state index in [0.29, 0.717) is 11.1 Å². The number of hydrogen-bond donors (Lipinski definition) is 4. The first-order chi connectivity index (χ1) is 21.9. The van der Waals surface area contributed by atoms with Crippen LogP contribution >= 0.6 is 0 Å². The zero-order valence-corrected chi connectivity index (χ0v) is 25.9. The molecule has 4 N–H and O–H groups in total. The zero-order chi connectivity index (χ0) is 34.2. The van der Waals surface area contributed by atoms with Gasteiger partial charge in [0.15, 0.2) is 0 Å². The molecule has 46 heavy (non-hydrogen) atoms. The van der Waals surface area contributed by atoms with Crippen molar-refractivity contribution in [2.45, 2.75) is 0 Å². The van der Waals surface area contributed by atoms with Crippen LogP contribution in [-0.4, -0.2) is 83.2 Å². The van der Waals surface area contributed by atoms with Crippen molar-refractivity contribution in [3.8, 4) is 11.5 Å². The van der Waals surface area contributed by atoms with Crippen LogP contribution < -0.4 is 0 Å². The van der Waals surface area contributed by atoms with E-state index in [2.05, 4.69) is 0 Å². The minimum absolute atomic E-state index is 0.194. The predicted octanol–water partition coefficient (Wildman–Crippen LogP) is 5.47. The van der Waals surface area contributed by atoms with Crippen molar-refractivity contribution in [3.05, 3.63) is 143 Å². The fourth-order valence-corrected chi connectivity index (χ4v) is 3.88. The quantitative estimate of drug-likeness (QED) is 0.141. The molecule has 0 atom stereocenters. The molecule has 0 unspecified atom stereocenters. The number of nitrogens with zero attached hydrogens (tertiary/aromatic N) is 2. The molecule has 2 amide bonds. The number of benzene rings is 4. The summed E-state index contributed by atoms with van der Waals surface area (Å²) in [7, 11) is 6.75. The summed E-state index contributed by atoms with van der Waals surface area (Å²) in [5.74, 6) is -3.13. The highest BCUT2D eigenvalue weighted by Gasteiger charge is 2.15. The number of carbonyl (C=O) groups excluding carboxylic acids is 2. The molecular weight excluding hydrogens is 588 g/mol. The summed E-state index contributed by atoms with van der Waals surface area (Å²) in [6.45, 7) is 0. The highest BCUT2D eigenvalue weighted by Crippen LogP contribution is 2.32. The van der Waals surface area contributed by atoms with Gasteiger partial charge in [0.1, 0.15) is 22.6 Å². The number of aromatic hydroxyl groups is 2. The van der Waals surface area contributed by atoms with E-state index < -0.39 is 11.9 Å². The van der Waals surface area contributed by atoms with E-state index in [1.807, 2.05) is 72.8 Å². The van der Waals surface area contributed by atoms with Crippen LogP contribution in [0.2, 0.25) is 0 Å². The van der Waals surface area contributed by atoms with Crippen LogP contribution in [0.5, 0.6) is 11.5 Å². The first-order valence-corrected chi connectivity index (χ1v) is 13.8. The standard InChI is InChI=1S/C30H22O6.2C3H7NO/c31-27-17-21(11-13-25(27)29(33)34)23(19-7-3-1-4-8-19)15-16-24(20-9-5-2-6-10-20)22-12-14-26(30(35)36)28(32)18-22;2*1-4(2)3-5/h1-18,31-32H,(H,33,34)(H,35,36);2*3H,1-2H3/b23-15-,24-16-;;. The number of carboxylic acids is 2. The molecule has 0 fully saturated rings. The van der Waals surface area contributed by atoms with Gasteiger partial charge in [-0.2, -0.15) is 0 Å². The average molecular weight is 625 g/mol. The second-order valence-corrected chi connectivity index (χ2v) is 10.1. The Kier molecular flexibility index (Phi) is 14.0. The van der Waals surface area contributed by atoms with Crippen LogP contribution in [0.1, 0.15) is 43.0 Å². The Morgan fingerprint density at radius 2 is 0.826 bits per heavy atom. The van der Waals surface area contributed by atoms with Crippen molar-refractivity contribution < 1.29 is 39.6 Å². The number of aromatic carboxylic acids is 2. The third-order valence-corrected chi connectivity index (χ3v) is 6.09. The van der Waals surface area contributed by atoms with Gasteiger partial charge in [-0.3, -0.25) is 9.59 Å². The highest BCUT2D eigenvalue weighted by molar-refractivity contribution is 5.94. The highest BCUT2D eigenvalue weighted by atomic mass is 16.4. The molecular formula is C36H36N2O8. The van der Waals surface area contributed by atoms with E-state index >= 15 is 0 Å². The molecule has 0 radical (unpaired) electrons. The van der Waals surface area contributed by atoms with Gasteiger partial charge in [0, 0.05) is 28.2 Å². The lowest BCUT2D eigenvalue weighted by molar-refractivity contribution is -0.116. The second kappa shape index (κ2) is 17.8. The fraction of sp³-hybridized carbons (Fsp3) is 0.111. The molecule has 0 aliphatic carbocycles. The number of allylic oxidation sites excluding steroid dienone is 2. The fourth-order valence-electron chi connectivity index (χ4n) is 3.88. The molecule has 10 nitrogen and oxygen atoms in total. The van der Waals surface area contributed by atoms with Crippen LogP contribution in [0.25, 0.3) is 11.1 Å². The molecule has 0 heterocycles. The number of hydrogen-bond acceptors (Lipinski definition) is 6. The smallest absolute Gasteiger partial charge is 0.339 e. The Hall–Kier alpha value is -6.16. The molecule has 238 valence electrons. The number of rotatable bonds is 9. The number of carbonyl (C=O) groups is 4. The summed E-state index contributed by atoms with van der Waals surface area (Å²) >= 11 is 0. The van der Waals surface area contributed by atoms with Crippen LogP contribution in [0.4, 0.5) is 0 Å². The van der Waals surface area contributed by atoms with Crippen molar-refractivity contribution in [1.82, 2.24) is 9.80 Å². The van der Waals surface area contributed by atoms with Crippen molar-refractivity contribution >= 4 is 35.9 Å². The van der Waals surface area contributed by atoms with Crippen LogP contribution in [0, 0.1) is 0 Å². The molecule has 0 saturated carbocycles. The summed E-state index contributed by atoms with van der Waals surface area (Å²) < 4.78 is 0. The molecule has 4 aromatic carbocycles. The first-order valence-electron chi connectivity index (χ1n) is 13.8. The normalized spacial score (nSPS) is 10.7. The maximum atomic E-state index is 11.4. The maximum absolute atomic E-state index is 11.4. The maximum Gasteiger partial charge on any atom is 0.339 e. The van der Waals surface area contributed by atoms with Crippen LogP contribution in [-0.2, 0) is 9.59 Å². The van der Waals surface area contributed by atoms with Crippen molar-refractivity contribution in [2.24, 2.45) is 0 Å². The minimum atomic E-state index is -1.22. The molecule has 4 rings (SSSR count). The van der Waals surface area contributed by atoms with E-state index in [0.717, 1.165) is 35.1 Å². The Labute approximate surface area is 267 Å². The first kappa shape index (κ1) is 36.0. The molecule has 0 aliphatic rings. The third-order valence-electron chi connectivity index (χ3n) is 6.09. The number of carboxylic acid groups (broad SMARTS) is 2. The van der Waals surface area contributed by atoms with Gasteiger partial charge in [-0.15, -0.1) is 0 Å². The Morgan fingerprint density at radius 1 is 0.522 bits per heavy atom. The van der Waals surface area contributed by atoms with Gasteiger partial charge in [-0.1, -0.05) is 84.9 Å². The summed E-state index contributed by atoms with van der Waals surface area (Å²) in [6, 6.07) is 27.6. The van der Waals surface area contributed by atoms with E-state index in [1.54, 1.807) is 40.3 Å². The van der Waals surface area contributed by atoms with E-state index in [4.69, 9.17) is 0 Å². The van der Waals surface area contributed by atoms with Crippen molar-refractivity contribution in [2.75, 3.05) is 28.2 Å². The summed E-state index contributed by atoms with van der Waals surface area (Å²) in [5.41, 5.74) is 3.96. The van der Waals surface area contributed by atoms with Crippen LogP contribution in [0.15, 0.2) is 109 Å². The van der Waals surface area contributed by atoms with E-state index in [-0.39, 0.29) is 22.6 Å². The Balaban J connectivity index is 0.000000642. The van der Waals surface area contributed by atoms with Crippen molar-refractivity contribution in [3.63, 3.8) is 0 Å². The molecule has 4 aromatic rings. The van der Waals surface area contributed by atoms with Gasteiger partial charge in [0.25, 0.3) is 0 Å². The Bertz CT molecular complexity index is 1570. The van der Waals surface area contributed by atoms with E-state index in [9.17, 15) is 39.6 Å². The summed E-state index contributed by atoms with van der Waals surface area (Å²) in [5, 5.41) is 39.1. The molecule has 0 aromatic heterocycles.